The molecule has 1 aliphatic carbocycles. The van der Waals surface area contributed by atoms with Crippen molar-refractivity contribution < 1.29 is 5.11 Å². The molecule has 1 unspecified atom stereocenters. The molecule has 0 aromatic heterocycles. The Kier molecular flexibility index (Phi) is 3.74. The van der Waals surface area contributed by atoms with Crippen LogP contribution in [0.15, 0.2) is 0 Å². The van der Waals surface area contributed by atoms with Crippen molar-refractivity contribution in [1.29, 1.82) is 0 Å². The quantitative estimate of drug-likeness (QED) is 0.702. The van der Waals surface area contributed by atoms with Crippen LogP contribution in [0.2, 0.25) is 0 Å². The zero-order chi connectivity index (χ0) is 9.90. The Balaban J connectivity index is 2.38. The third kappa shape index (κ3) is 3.65. The van der Waals surface area contributed by atoms with Gasteiger partial charge in [0, 0.05) is 12.6 Å². The van der Waals surface area contributed by atoms with Crippen LogP contribution in [0.5, 0.6) is 0 Å². The molecule has 2 atom stereocenters. The summed E-state index contributed by atoms with van der Waals surface area (Å²) in [6.45, 7) is 8.01. The Morgan fingerprint density at radius 2 is 2.08 bits per heavy atom. The van der Waals surface area contributed by atoms with Crippen molar-refractivity contribution in [3.8, 4) is 0 Å². The second kappa shape index (κ2) is 4.43. The van der Waals surface area contributed by atoms with E-state index in [-0.39, 0.29) is 6.61 Å². The van der Waals surface area contributed by atoms with Gasteiger partial charge in [0.05, 0.1) is 6.61 Å². The highest BCUT2D eigenvalue weighted by Gasteiger charge is 2.31. The molecular formula is C11H23NO. The van der Waals surface area contributed by atoms with Crippen molar-refractivity contribution in [3.63, 3.8) is 0 Å². The normalized spacial score (nSPS) is 33.2. The molecule has 2 N–H and O–H groups in total. The molecule has 0 bridgehead atoms. The summed E-state index contributed by atoms with van der Waals surface area (Å²) in [7, 11) is 0. The minimum Gasteiger partial charge on any atom is -0.395 e. The number of aliphatic hydroxyl groups is 1. The zero-order valence-corrected chi connectivity index (χ0v) is 9.14. The fourth-order valence-electron chi connectivity index (χ4n) is 2.77. The van der Waals surface area contributed by atoms with Crippen LogP contribution >= 0.6 is 0 Å². The Labute approximate surface area is 81.7 Å². The first kappa shape index (κ1) is 11.0. The van der Waals surface area contributed by atoms with Crippen molar-refractivity contribution in [2.75, 3.05) is 13.2 Å². The zero-order valence-electron chi connectivity index (χ0n) is 9.14. The van der Waals surface area contributed by atoms with E-state index < -0.39 is 0 Å². The molecule has 1 fully saturated rings. The Bertz CT molecular complexity index is 156. The van der Waals surface area contributed by atoms with Crippen molar-refractivity contribution >= 4 is 0 Å². The smallest absolute Gasteiger partial charge is 0.0556 e. The van der Waals surface area contributed by atoms with Gasteiger partial charge in [0.1, 0.15) is 0 Å². The van der Waals surface area contributed by atoms with Gasteiger partial charge in [0.2, 0.25) is 0 Å². The summed E-state index contributed by atoms with van der Waals surface area (Å²) >= 11 is 0. The van der Waals surface area contributed by atoms with Crippen LogP contribution in [0.3, 0.4) is 0 Å². The molecule has 0 amide bonds. The van der Waals surface area contributed by atoms with Gasteiger partial charge >= 0.3 is 0 Å². The van der Waals surface area contributed by atoms with Crippen LogP contribution in [-0.4, -0.2) is 24.3 Å². The summed E-state index contributed by atoms with van der Waals surface area (Å²) in [5.74, 6) is 0.819. The standard InChI is InChI=1S/C11H23NO/c1-9-6-10(12-4-5-13)8-11(2,3)7-9/h9-10,12-13H,4-8H2,1-3H3/t9-,10?/m0/s1. The molecular weight excluding hydrogens is 162 g/mol. The highest BCUT2D eigenvalue weighted by molar-refractivity contribution is 4.86. The molecule has 0 aliphatic heterocycles. The van der Waals surface area contributed by atoms with E-state index in [2.05, 4.69) is 26.1 Å². The lowest BCUT2D eigenvalue weighted by Gasteiger charge is -2.39. The SMILES string of the molecule is C[C@H]1CC(NCCO)CC(C)(C)C1. The fraction of sp³-hybridized carbons (Fsp3) is 1.00. The highest BCUT2D eigenvalue weighted by atomic mass is 16.3. The van der Waals surface area contributed by atoms with Crippen LogP contribution in [0.1, 0.15) is 40.0 Å². The van der Waals surface area contributed by atoms with Gasteiger partial charge in [-0.1, -0.05) is 20.8 Å². The summed E-state index contributed by atoms with van der Waals surface area (Å²) in [6, 6.07) is 0.617. The minimum absolute atomic E-state index is 0.255. The van der Waals surface area contributed by atoms with Gasteiger partial charge in [0.15, 0.2) is 0 Å². The average molecular weight is 185 g/mol. The first-order valence-electron chi connectivity index (χ1n) is 5.38. The van der Waals surface area contributed by atoms with Gasteiger partial charge in [-0.05, 0) is 30.6 Å². The Morgan fingerprint density at radius 1 is 1.38 bits per heavy atom. The molecule has 1 rings (SSSR count). The molecule has 0 aromatic rings. The van der Waals surface area contributed by atoms with Crippen LogP contribution in [0.4, 0.5) is 0 Å². The van der Waals surface area contributed by atoms with Gasteiger partial charge in [-0.25, -0.2) is 0 Å². The molecule has 78 valence electrons. The van der Waals surface area contributed by atoms with Gasteiger partial charge in [0.25, 0.3) is 0 Å². The Hall–Kier alpha value is -0.0800. The maximum atomic E-state index is 8.73. The summed E-state index contributed by atoms with van der Waals surface area (Å²) in [4.78, 5) is 0. The predicted octanol–water partition coefficient (Wildman–Crippen LogP) is 1.78. The van der Waals surface area contributed by atoms with Gasteiger partial charge in [-0.3, -0.25) is 0 Å². The van der Waals surface area contributed by atoms with Gasteiger partial charge in [-0.2, -0.15) is 0 Å². The van der Waals surface area contributed by atoms with Crippen molar-refractivity contribution in [2.24, 2.45) is 11.3 Å². The topological polar surface area (TPSA) is 32.3 Å². The summed E-state index contributed by atoms with van der Waals surface area (Å²) < 4.78 is 0. The maximum Gasteiger partial charge on any atom is 0.0556 e. The fourth-order valence-corrected chi connectivity index (χ4v) is 2.77. The van der Waals surface area contributed by atoms with E-state index in [1.54, 1.807) is 0 Å². The van der Waals surface area contributed by atoms with E-state index in [1.165, 1.54) is 19.3 Å². The van der Waals surface area contributed by atoms with Crippen LogP contribution < -0.4 is 5.32 Å². The molecule has 13 heavy (non-hydrogen) atoms. The summed E-state index contributed by atoms with van der Waals surface area (Å²) in [5, 5.41) is 12.1. The van der Waals surface area contributed by atoms with Gasteiger partial charge < -0.3 is 10.4 Å². The first-order chi connectivity index (χ1) is 6.03. The van der Waals surface area contributed by atoms with E-state index in [9.17, 15) is 0 Å². The highest BCUT2D eigenvalue weighted by Crippen LogP contribution is 2.38. The summed E-state index contributed by atoms with van der Waals surface area (Å²) in [6.07, 6.45) is 3.85. The van der Waals surface area contributed by atoms with Crippen molar-refractivity contribution in [3.05, 3.63) is 0 Å². The lowest BCUT2D eigenvalue weighted by molar-refractivity contribution is 0.146. The number of aliphatic hydroxyl groups excluding tert-OH is 1. The molecule has 0 radical (unpaired) electrons. The molecule has 0 saturated heterocycles. The van der Waals surface area contributed by atoms with Gasteiger partial charge in [-0.15, -0.1) is 0 Å². The number of nitrogens with one attached hydrogen (secondary N) is 1. The maximum absolute atomic E-state index is 8.73. The van der Waals surface area contributed by atoms with E-state index in [0.29, 0.717) is 11.5 Å². The minimum atomic E-state index is 0.255. The predicted molar refractivity (Wildman–Crippen MR) is 55.7 cm³/mol. The number of hydrogen-bond donors (Lipinski definition) is 2. The molecule has 0 spiro atoms. The number of rotatable bonds is 3. The van der Waals surface area contributed by atoms with E-state index >= 15 is 0 Å². The van der Waals surface area contributed by atoms with Crippen molar-refractivity contribution in [1.82, 2.24) is 5.32 Å². The molecule has 0 heterocycles. The third-order valence-corrected chi connectivity index (χ3v) is 2.93. The molecule has 2 heteroatoms. The largest absolute Gasteiger partial charge is 0.395 e. The average Bonchev–Trinajstić information content (AvgIpc) is 1.97. The second-order valence-corrected chi connectivity index (χ2v) is 5.29. The second-order valence-electron chi connectivity index (χ2n) is 5.29. The first-order valence-corrected chi connectivity index (χ1v) is 5.38. The van der Waals surface area contributed by atoms with E-state index in [1.807, 2.05) is 0 Å². The lowest BCUT2D eigenvalue weighted by Crippen LogP contribution is -2.41. The molecule has 1 aliphatic rings. The molecule has 1 saturated carbocycles. The number of hydrogen-bond acceptors (Lipinski definition) is 2. The van der Waals surface area contributed by atoms with E-state index in [4.69, 9.17) is 5.11 Å². The monoisotopic (exact) mass is 185 g/mol. The van der Waals surface area contributed by atoms with E-state index in [0.717, 1.165) is 12.5 Å². The molecule has 0 aromatic carbocycles. The van der Waals surface area contributed by atoms with Crippen LogP contribution in [-0.2, 0) is 0 Å². The third-order valence-electron chi connectivity index (χ3n) is 2.93. The summed E-state index contributed by atoms with van der Waals surface area (Å²) in [5.41, 5.74) is 0.477. The van der Waals surface area contributed by atoms with Crippen LogP contribution in [0.25, 0.3) is 0 Å². The Morgan fingerprint density at radius 3 is 2.62 bits per heavy atom. The van der Waals surface area contributed by atoms with Crippen LogP contribution in [0, 0.1) is 11.3 Å². The lowest BCUT2D eigenvalue weighted by atomic mass is 9.70. The molecule has 2 nitrogen and oxygen atoms in total. The van der Waals surface area contributed by atoms with Crippen molar-refractivity contribution in [2.45, 2.75) is 46.1 Å².